The van der Waals surface area contributed by atoms with Gasteiger partial charge < -0.3 is 4.90 Å². The molecule has 174 valence electrons. The number of hydrogen-bond donors (Lipinski definition) is 2. The Morgan fingerprint density at radius 3 is 2.50 bits per heavy atom. The number of nitrogens with zero attached hydrogens (tertiary/aromatic N) is 4. The molecule has 12 heteroatoms. The van der Waals surface area contributed by atoms with Crippen molar-refractivity contribution in [2.45, 2.75) is 12.3 Å². The molecular formula is C20H24F2N4O4S2. The predicted octanol–water partition coefficient (Wildman–Crippen LogP) is 3.48. The van der Waals surface area contributed by atoms with Gasteiger partial charge in [0.05, 0.1) is 22.9 Å². The van der Waals surface area contributed by atoms with Crippen LogP contribution < -0.4 is 13.5 Å². The highest BCUT2D eigenvalue weighted by atomic mass is 32.3. The Morgan fingerprint density at radius 2 is 1.84 bits per heavy atom. The Morgan fingerprint density at radius 1 is 1.16 bits per heavy atom. The highest BCUT2D eigenvalue weighted by Crippen LogP contribution is 2.51. The number of aromatic nitrogens is 1. The molecule has 2 aromatic rings. The van der Waals surface area contributed by atoms with Gasteiger partial charge in [-0.15, -0.1) is 0 Å². The molecule has 1 aliphatic carbocycles. The highest BCUT2D eigenvalue weighted by Gasteiger charge is 2.59. The number of alkyl halides is 2. The molecule has 0 amide bonds. The maximum Gasteiger partial charge on any atom is 0.327 e. The van der Waals surface area contributed by atoms with Crippen molar-refractivity contribution in [3.63, 3.8) is 0 Å². The van der Waals surface area contributed by atoms with Crippen LogP contribution in [0.4, 0.5) is 26.0 Å². The van der Waals surface area contributed by atoms with Crippen LogP contribution in [0.1, 0.15) is 6.42 Å². The third-order valence-corrected chi connectivity index (χ3v) is 9.71. The Balaban J connectivity index is 1.43. The van der Waals surface area contributed by atoms with Crippen molar-refractivity contribution in [2.24, 2.45) is 5.92 Å². The van der Waals surface area contributed by atoms with E-state index in [9.17, 15) is 26.3 Å². The van der Waals surface area contributed by atoms with E-state index in [4.69, 9.17) is 0 Å². The van der Waals surface area contributed by atoms with Crippen LogP contribution >= 0.6 is 10.6 Å². The van der Waals surface area contributed by atoms with Crippen LogP contribution in [-0.2, 0) is 10.2 Å². The van der Waals surface area contributed by atoms with Crippen molar-refractivity contribution in [1.82, 2.24) is 4.98 Å². The second-order valence-corrected chi connectivity index (χ2v) is 12.8. The zero-order valence-electron chi connectivity index (χ0n) is 17.4. The largest absolute Gasteiger partial charge is 0.368 e. The van der Waals surface area contributed by atoms with Gasteiger partial charge in [-0.3, -0.25) is 9.11 Å². The van der Waals surface area contributed by atoms with Gasteiger partial charge in [-0.1, -0.05) is 12.1 Å². The molecule has 1 aromatic carbocycles. The van der Waals surface area contributed by atoms with Gasteiger partial charge in [0.2, 0.25) is 0 Å². The van der Waals surface area contributed by atoms with Gasteiger partial charge >= 0.3 is 10.2 Å². The fraction of sp³-hybridized carbons (Fsp3) is 0.450. The van der Waals surface area contributed by atoms with Crippen LogP contribution in [0.2, 0.25) is 0 Å². The molecule has 2 fully saturated rings. The van der Waals surface area contributed by atoms with Crippen molar-refractivity contribution in [1.29, 1.82) is 0 Å². The summed E-state index contributed by atoms with van der Waals surface area (Å²) in [5.41, 5.74) is 2.56. The molecule has 1 saturated heterocycles. The molecule has 2 aliphatic heterocycles. The van der Waals surface area contributed by atoms with Crippen LogP contribution in [0.25, 0.3) is 11.3 Å². The van der Waals surface area contributed by atoms with Gasteiger partial charge in [-0.25, -0.2) is 22.4 Å². The zero-order chi connectivity index (χ0) is 22.9. The molecule has 32 heavy (non-hydrogen) atoms. The summed E-state index contributed by atoms with van der Waals surface area (Å²) in [7, 11) is -5.07. The molecule has 1 unspecified atom stereocenters. The van der Waals surface area contributed by atoms with E-state index in [1.54, 1.807) is 12.1 Å². The van der Waals surface area contributed by atoms with E-state index in [1.165, 1.54) is 7.05 Å². The highest BCUT2D eigenvalue weighted by molar-refractivity contribution is 8.24. The summed E-state index contributed by atoms with van der Waals surface area (Å²) < 4.78 is 74.2. The first kappa shape index (κ1) is 21.7. The Kier molecular flexibility index (Phi) is 4.86. The van der Waals surface area contributed by atoms with Crippen LogP contribution in [0.15, 0.2) is 36.4 Å². The molecule has 3 heterocycles. The van der Waals surface area contributed by atoms with Gasteiger partial charge in [-0.05, 0) is 24.3 Å². The minimum absolute atomic E-state index is 0.212. The monoisotopic (exact) mass is 486 g/mol. The molecule has 5 rings (SSSR count). The summed E-state index contributed by atoms with van der Waals surface area (Å²) in [6.07, 6.45) is -0.304. The Bertz CT molecular complexity index is 1170. The van der Waals surface area contributed by atoms with E-state index >= 15 is 0 Å². The van der Waals surface area contributed by atoms with Crippen molar-refractivity contribution in [3.8, 4) is 11.3 Å². The number of benzene rings is 1. The minimum atomic E-state index is -3.95. The fourth-order valence-electron chi connectivity index (χ4n) is 4.12. The maximum atomic E-state index is 13.4. The van der Waals surface area contributed by atoms with E-state index < -0.39 is 32.6 Å². The average Bonchev–Trinajstić information content (AvgIpc) is 3.31. The first-order chi connectivity index (χ1) is 15.0. The summed E-state index contributed by atoms with van der Waals surface area (Å²) in [4.78, 5) is 6.62. The topological polar surface area (TPSA) is 97.2 Å². The zero-order valence-corrected chi connectivity index (χ0v) is 19.0. The van der Waals surface area contributed by atoms with Crippen molar-refractivity contribution < 1.29 is 26.3 Å². The summed E-state index contributed by atoms with van der Waals surface area (Å²) in [6, 6.07) is 10.9. The second kappa shape index (κ2) is 7.17. The molecule has 1 atom stereocenters. The molecule has 0 radical (unpaired) electrons. The number of rotatable bonds is 4. The molecule has 0 spiro atoms. The van der Waals surface area contributed by atoms with Gasteiger partial charge in [0, 0.05) is 50.3 Å². The number of pyridine rings is 1. The summed E-state index contributed by atoms with van der Waals surface area (Å²) >= 11 is 0. The SMILES string of the molecule is CN1c2nc(-c3cccc(N4CCS(O)(O)CC4)c3)ccc2N(CC2CC2(F)F)S1(=O)=O. The second-order valence-electron chi connectivity index (χ2n) is 8.46. The lowest BCUT2D eigenvalue weighted by Gasteiger charge is -2.42. The van der Waals surface area contributed by atoms with Gasteiger partial charge in [-0.2, -0.15) is 19.0 Å². The smallest absolute Gasteiger partial charge is 0.327 e. The normalized spacial score (nSPS) is 26.0. The molecule has 1 saturated carbocycles. The molecule has 1 aromatic heterocycles. The standard InChI is InChI=1S/C20H24F2N4O4S2/c1-24-19-18(26(32(24,29)30)13-15-12-20(15,21)22)6-5-17(23-19)14-3-2-4-16(11-14)25-7-9-31(27,28)10-8-25/h2-6,11,15,27-28H,7-10,12-13H2,1H3. The first-order valence-corrected chi connectivity index (χ1v) is 13.5. The molecular weight excluding hydrogens is 462 g/mol. The van der Waals surface area contributed by atoms with E-state index in [-0.39, 0.29) is 18.8 Å². The van der Waals surface area contributed by atoms with Crippen LogP contribution in [-0.4, -0.2) is 66.6 Å². The van der Waals surface area contributed by atoms with Crippen molar-refractivity contribution in [2.75, 3.05) is 51.7 Å². The van der Waals surface area contributed by atoms with Crippen LogP contribution in [0.3, 0.4) is 0 Å². The van der Waals surface area contributed by atoms with Crippen molar-refractivity contribution >= 4 is 38.0 Å². The van der Waals surface area contributed by atoms with Crippen molar-refractivity contribution in [3.05, 3.63) is 36.4 Å². The van der Waals surface area contributed by atoms with Crippen LogP contribution in [0.5, 0.6) is 0 Å². The quantitative estimate of drug-likeness (QED) is 0.687. The Labute approximate surface area is 187 Å². The summed E-state index contributed by atoms with van der Waals surface area (Å²) in [5, 5.41) is 0. The minimum Gasteiger partial charge on any atom is -0.368 e. The average molecular weight is 487 g/mol. The number of anilines is 3. The molecule has 2 N–H and O–H groups in total. The molecule has 3 aliphatic rings. The lowest BCUT2D eigenvalue weighted by Crippen LogP contribution is -2.38. The number of halogens is 2. The fourth-order valence-corrected chi connectivity index (χ4v) is 6.75. The van der Waals surface area contributed by atoms with Gasteiger partial charge in [0.25, 0.3) is 5.92 Å². The third kappa shape index (κ3) is 3.68. The summed E-state index contributed by atoms with van der Waals surface area (Å²) in [5.74, 6) is -2.92. The van der Waals surface area contributed by atoms with Gasteiger partial charge in [0.1, 0.15) is 0 Å². The number of hydrogen-bond acceptors (Lipinski definition) is 6. The maximum absolute atomic E-state index is 13.4. The third-order valence-electron chi connectivity index (χ3n) is 6.27. The molecule has 8 nitrogen and oxygen atoms in total. The van der Waals surface area contributed by atoms with E-state index in [2.05, 4.69) is 9.88 Å². The van der Waals surface area contributed by atoms with Crippen LogP contribution in [0, 0.1) is 5.92 Å². The Hall–Kier alpha value is -2.15. The lowest BCUT2D eigenvalue weighted by atomic mass is 10.1. The van der Waals surface area contributed by atoms with Gasteiger partial charge in [0.15, 0.2) is 5.82 Å². The van der Waals surface area contributed by atoms with E-state index in [0.29, 0.717) is 36.0 Å². The predicted molar refractivity (Wildman–Crippen MR) is 122 cm³/mol. The first-order valence-electron chi connectivity index (χ1n) is 10.2. The lowest BCUT2D eigenvalue weighted by molar-refractivity contribution is 0.101. The summed E-state index contributed by atoms with van der Waals surface area (Å²) in [6.45, 7) is 0.799. The number of fused-ring (bicyclic) bond motifs is 1. The van der Waals surface area contributed by atoms with E-state index in [1.807, 2.05) is 24.3 Å². The molecule has 0 bridgehead atoms. The van der Waals surface area contributed by atoms with E-state index in [0.717, 1.165) is 19.9 Å².